The number of hydrogen-bond acceptors (Lipinski definition) is 3. The van der Waals surface area contributed by atoms with Crippen molar-refractivity contribution in [3.63, 3.8) is 0 Å². The van der Waals surface area contributed by atoms with Crippen LogP contribution >= 0.6 is 12.2 Å². The van der Waals surface area contributed by atoms with Crippen molar-refractivity contribution in [3.05, 3.63) is 47.9 Å². The zero-order chi connectivity index (χ0) is 16.9. The van der Waals surface area contributed by atoms with E-state index in [9.17, 15) is 4.39 Å². The second-order valence-corrected chi connectivity index (χ2v) is 6.66. The molecule has 0 amide bonds. The van der Waals surface area contributed by atoms with E-state index in [1.807, 2.05) is 12.1 Å². The van der Waals surface area contributed by atoms with Crippen LogP contribution in [0.1, 0.15) is 50.5 Å². The lowest BCUT2D eigenvalue weighted by Gasteiger charge is -2.28. The summed E-state index contributed by atoms with van der Waals surface area (Å²) in [5.41, 5.74) is 2.88. The number of rotatable bonds is 4. The lowest BCUT2D eigenvalue weighted by Crippen LogP contribution is -2.12. The van der Waals surface area contributed by atoms with Crippen molar-refractivity contribution in [1.82, 2.24) is 4.98 Å². The van der Waals surface area contributed by atoms with Crippen LogP contribution in [0.2, 0.25) is 0 Å². The van der Waals surface area contributed by atoms with E-state index < -0.39 is 5.82 Å². The fourth-order valence-corrected chi connectivity index (χ4v) is 3.68. The van der Waals surface area contributed by atoms with E-state index >= 15 is 0 Å². The average molecular weight is 340 g/mol. The van der Waals surface area contributed by atoms with Crippen molar-refractivity contribution < 1.29 is 4.39 Å². The van der Waals surface area contributed by atoms with E-state index in [1.54, 1.807) is 0 Å². The molecule has 1 heterocycles. The van der Waals surface area contributed by atoms with Gasteiger partial charge in [0.15, 0.2) is 5.82 Å². The Balaban J connectivity index is 1.76. The summed E-state index contributed by atoms with van der Waals surface area (Å²) in [5, 5.41) is 2.22. The van der Waals surface area contributed by atoms with Gasteiger partial charge in [-0.2, -0.15) is 4.99 Å². The lowest BCUT2D eigenvalue weighted by molar-refractivity contribution is 0.319. The number of hydrogen-bond donors (Lipinski definition) is 0. The predicted octanol–water partition coefficient (Wildman–Crippen LogP) is 6.31. The molecule has 0 bridgehead atoms. The summed E-state index contributed by atoms with van der Waals surface area (Å²) in [4.78, 5) is 7.93. The van der Waals surface area contributed by atoms with Crippen LogP contribution in [0, 0.1) is 11.7 Å². The molecule has 0 aliphatic heterocycles. The van der Waals surface area contributed by atoms with Crippen LogP contribution in [0.4, 0.5) is 10.1 Å². The number of benzene rings is 1. The first-order chi connectivity index (χ1) is 11.7. The van der Waals surface area contributed by atoms with Crippen LogP contribution in [-0.2, 0) is 0 Å². The molecule has 0 radical (unpaired) electrons. The van der Waals surface area contributed by atoms with E-state index in [2.05, 4.69) is 46.4 Å². The second-order valence-electron chi connectivity index (χ2n) is 6.47. The molecular weight excluding hydrogens is 319 g/mol. The van der Waals surface area contributed by atoms with Gasteiger partial charge in [-0.05, 0) is 55.3 Å². The first-order valence-corrected chi connectivity index (χ1v) is 8.95. The number of pyridine rings is 1. The number of aromatic nitrogens is 1. The zero-order valence-corrected chi connectivity index (χ0v) is 14.7. The smallest absolute Gasteiger partial charge is 0.151 e. The highest BCUT2D eigenvalue weighted by Gasteiger charge is 2.21. The Labute approximate surface area is 147 Å². The third kappa shape index (κ3) is 3.77. The van der Waals surface area contributed by atoms with Crippen LogP contribution in [-0.4, -0.2) is 10.1 Å². The minimum atomic E-state index is -0.391. The Hall–Kier alpha value is -1.90. The highest BCUT2D eigenvalue weighted by atomic mass is 32.1. The molecule has 0 atom stereocenters. The molecular formula is C20H21FN2S. The zero-order valence-electron chi connectivity index (χ0n) is 13.8. The lowest BCUT2D eigenvalue weighted by atomic mass is 9.78. The maximum atomic E-state index is 14.2. The third-order valence-corrected chi connectivity index (χ3v) is 5.17. The Morgan fingerprint density at radius 2 is 1.92 bits per heavy atom. The van der Waals surface area contributed by atoms with Crippen LogP contribution in [0.3, 0.4) is 0 Å². The first-order valence-electron chi connectivity index (χ1n) is 8.55. The van der Waals surface area contributed by atoms with E-state index in [4.69, 9.17) is 0 Å². The number of nitrogens with zero attached hydrogens (tertiary/aromatic N) is 2. The molecule has 124 valence electrons. The van der Waals surface area contributed by atoms with Crippen molar-refractivity contribution in [2.75, 3.05) is 0 Å². The number of aliphatic imine (C=N–C) groups is 1. The Bertz CT molecular complexity index is 743. The van der Waals surface area contributed by atoms with Crippen LogP contribution in [0.15, 0.2) is 41.5 Å². The summed E-state index contributed by atoms with van der Waals surface area (Å²) in [6.45, 7) is 2.28. The standard InChI is InChI=1S/C20H21FN2S/c1-2-14-3-5-15(6-4-14)16-7-9-17(10-8-16)20-19(21)11-18(12-22-20)23-13-24/h7-12,14-15H,2-6H2,1H3. The number of thiocarbonyl (C=S) groups is 1. The van der Waals surface area contributed by atoms with Gasteiger partial charge in [-0.1, -0.05) is 37.6 Å². The Morgan fingerprint density at radius 1 is 1.21 bits per heavy atom. The minimum Gasteiger partial charge on any atom is -0.251 e. The van der Waals surface area contributed by atoms with Gasteiger partial charge in [0.25, 0.3) is 0 Å². The fraction of sp³-hybridized carbons (Fsp3) is 0.400. The van der Waals surface area contributed by atoms with E-state index in [1.165, 1.54) is 49.9 Å². The molecule has 0 unspecified atom stereocenters. The van der Waals surface area contributed by atoms with Gasteiger partial charge in [0, 0.05) is 11.6 Å². The van der Waals surface area contributed by atoms with Crippen LogP contribution in [0.5, 0.6) is 0 Å². The summed E-state index contributed by atoms with van der Waals surface area (Å²) < 4.78 is 14.2. The molecule has 1 fully saturated rings. The average Bonchev–Trinajstić information content (AvgIpc) is 2.62. The summed E-state index contributed by atoms with van der Waals surface area (Å²) in [6, 6.07) is 9.51. The van der Waals surface area contributed by atoms with Gasteiger partial charge in [0.1, 0.15) is 5.69 Å². The topological polar surface area (TPSA) is 25.2 Å². The molecule has 0 spiro atoms. The summed E-state index contributed by atoms with van der Waals surface area (Å²) in [7, 11) is 0. The molecule has 1 saturated carbocycles. The number of halogens is 1. The van der Waals surface area contributed by atoms with E-state index in [-0.39, 0.29) is 0 Å². The Kier molecular flexibility index (Phi) is 5.49. The van der Waals surface area contributed by atoms with Crippen LogP contribution < -0.4 is 0 Å². The highest BCUT2D eigenvalue weighted by molar-refractivity contribution is 7.78. The van der Waals surface area contributed by atoms with Gasteiger partial charge in [-0.3, -0.25) is 4.98 Å². The van der Waals surface area contributed by atoms with Gasteiger partial charge in [-0.25, -0.2) is 4.39 Å². The molecule has 24 heavy (non-hydrogen) atoms. The Morgan fingerprint density at radius 3 is 2.50 bits per heavy atom. The normalized spacial score (nSPS) is 20.4. The molecule has 0 saturated heterocycles. The minimum absolute atomic E-state index is 0.347. The molecule has 3 rings (SSSR count). The summed E-state index contributed by atoms with van der Waals surface area (Å²) in [5.74, 6) is 1.14. The fourth-order valence-electron chi connectivity index (χ4n) is 3.57. The highest BCUT2D eigenvalue weighted by Crippen LogP contribution is 2.37. The quantitative estimate of drug-likeness (QED) is 0.481. The first kappa shape index (κ1) is 16.9. The van der Waals surface area contributed by atoms with Gasteiger partial charge in [0.05, 0.1) is 17.0 Å². The molecule has 1 aliphatic rings. The molecule has 1 aromatic carbocycles. The number of isothiocyanates is 1. The SMILES string of the molecule is CCC1CCC(c2ccc(-c3ncc(N=C=S)cc3F)cc2)CC1. The maximum Gasteiger partial charge on any atom is 0.151 e. The molecule has 1 aliphatic carbocycles. The maximum absolute atomic E-state index is 14.2. The van der Waals surface area contributed by atoms with Gasteiger partial charge in [0.2, 0.25) is 0 Å². The molecule has 4 heteroatoms. The van der Waals surface area contributed by atoms with Crippen molar-refractivity contribution in [2.45, 2.75) is 44.9 Å². The monoisotopic (exact) mass is 340 g/mol. The van der Waals surface area contributed by atoms with Crippen molar-refractivity contribution >= 4 is 23.1 Å². The predicted molar refractivity (Wildman–Crippen MR) is 99.3 cm³/mol. The largest absolute Gasteiger partial charge is 0.251 e. The van der Waals surface area contributed by atoms with Gasteiger partial charge >= 0.3 is 0 Å². The van der Waals surface area contributed by atoms with E-state index in [0.29, 0.717) is 17.3 Å². The van der Waals surface area contributed by atoms with Crippen molar-refractivity contribution in [2.24, 2.45) is 10.9 Å². The van der Waals surface area contributed by atoms with E-state index in [0.717, 1.165) is 11.5 Å². The van der Waals surface area contributed by atoms with Gasteiger partial charge < -0.3 is 0 Å². The second kappa shape index (κ2) is 7.78. The molecule has 1 aromatic heterocycles. The third-order valence-electron chi connectivity index (χ3n) is 5.08. The van der Waals surface area contributed by atoms with Gasteiger partial charge in [-0.15, -0.1) is 0 Å². The van der Waals surface area contributed by atoms with Crippen molar-refractivity contribution in [3.8, 4) is 11.3 Å². The molecule has 0 N–H and O–H groups in total. The molecule has 2 nitrogen and oxygen atoms in total. The summed E-state index contributed by atoms with van der Waals surface area (Å²) >= 11 is 4.53. The van der Waals surface area contributed by atoms with Crippen LogP contribution in [0.25, 0.3) is 11.3 Å². The molecule has 2 aromatic rings. The van der Waals surface area contributed by atoms with Crippen molar-refractivity contribution in [1.29, 1.82) is 0 Å². The summed E-state index contributed by atoms with van der Waals surface area (Å²) in [6.07, 6.45) is 7.96.